The van der Waals surface area contributed by atoms with Crippen LogP contribution >= 0.6 is 0 Å². The molecule has 2 fully saturated rings. The van der Waals surface area contributed by atoms with Crippen LogP contribution in [-0.4, -0.2) is 111 Å². The molecule has 3 heterocycles. The number of aliphatic hydroxyl groups is 2. The van der Waals surface area contributed by atoms with Gasteiger partial charge in [-0.3, -0.25) is 14.8 Å². The summed E-state index contributed by atoms with van der Waals surface area (Å²) in [5.41, 5.74) is 5.88. The maximum Gasteiger partial charge on any atom is 0.321 e. The van der Waals surface area contributed by atoms with E-state index in [2.05, 4.69) is 20.4 Å². The molecule has 7 rings (SSSR count). The highest BCUT2D eigenvalue weighted by atomic mass is 16.5. The summed E-state index contributed by atoms with van der Waals surface area (Å²) in [4.78, 5) is 33.8. The van der Waals surface area contributed by atoms with Crippen molar-refractivity contribution in [2.24, 2.45) is 0 Å². The minimum absolute atomic E-state index is 0.159. The summed E-state index contributed by atoms with van der Waals surface area (Å²) in [6.07, 6.45) is -0.0975. The van der Waals surface area contributed by atoms with Gasteiger partial charge in [-0.15, -0.1) is 0 Å². The van der Waals surface area contributed by atoms with Crippen molar-refractivity contribution in [3.05, 3.63) is 149 Å². The summed E-state index contributed by atoms with van der Waals surface area (Å²) in [6, 6.07) is 34.8. The van der Waals surface area contributed by atoms with Crippen LogP contribution in [0.4, 0.5) is 4.79 Å². The van der Waals surface area contributed by atoms with Crippen molar-refractivity contribution in [1.82, 2.24) is 30.2 Å². The number of urea groups is 1. The predicted molar refractivity (Wildman–Crippen MR) is 206 cm³/mol. The van der Waals surface area contributed by atoms with Gasteiger partial charge >= 0.3 is 6.03 Å². The van der Waals surface area contributed by atoms with Crippen molar-refractivity contribution in [3.63, 3.8) is 0 Å². The predicted octanol–water partition coefficient (Wildman–Crippen LogP) is 4.52. The smallest absolute Gasteiger partial charge is 0.321 e. The zero-order valence-corrected chi connectivity index (χ0v) is 30.3. The first-order chi connectivity index (χ1) is 26.4. The number of benzene rings is 4. The van der Waals surface area contributed by atoms with Gasteiger partial charge in [0.15, 0.2) is 0 Å². The van der Waals surface area contributed by atoms with Crippen LogP contribution < -0.4 is 5.32 Å². The number of amides is 3. The molecule has 2 aliphatic heterocycles. The molecule has 11 heteroatoms. The highest BCUT2D eigenvalue weighted by Crippen LogP contribution is 2.31. The number of aliphatic hydroxyl groups excluding tert-OH is 2. The van der Waals surface area contributed by atoms with Crippen molar-refractivity contribution in [1.29, 1.82) is 0 Å². The lowest BCUT2D eigenvalue weighted by molar-refractivity contribution is -0.0408. The molecule has 4 aromatic carbocycles. The highest BCUT2D eigenvalue weighted by Gasteiger charge is 2.46. The average molecular weight is 729 g/mol. The van der Waals surface area contributed by atoms with Crippen LogP contribution in [0.1, 0.15) is 32.6 Å². The van der Waals surface area contributed by atoms with E-state index in [1.54, 1.807) is 28.1 Å². The van der Waals surface area contributed by atoms with Crippen LogP contribution in [0.2, 0.25) is 0 Å². The van der Waals surface area contributed by atoms with Crippen molar-refractivity contribution in [2.45, 2.75) is 50.2 Å². The number of hydrogen-bond acceptors (Lipinski definition) is 7. The molecule has 0 bridgehead atoms. The van der Waals surface area contributed by atoms with Crippen LogP contribution in [0.25, 0.3) is 11.3 Å². The van der Waals surface area contributed by atoms with Crippen molar-refractivity contribution >= 4 is 11.9 Å². The molecule has 5 aromatic rings. The van der Waals surface area contributed by atoms with Crippen LogP contribution in [0.15, 0.2) is 121 Å². The van der Waals surface area contributed by atoms with Gasteiger partial charge in [-0.2, -0.15) is 5.10 Å². The third-order valence-electron chi connectivity index (χ3n) is 10.5. The molecule has 1 aromatic heterocycles. The average Bonchev–Trinajstić information content (AvgIpc) is 3.75. The number of carbonyl (C=O) groups excluding carboxylic acids is 2. The Morgan fingerprint density at radius 3 is 1.93 bits per heavy atom. The molecular weight excluding hydrogens is 681 g/mol. The quantitative estimate of drug-likeness (QED) is 0.140. The Morgan fingerprint density at radius 1 is 0.741 bits per heavy atom. The van der Waals surface area contributed by atoms with Crippen LogP contribution in [-0.2, 0) is 30.7 Å². The molecule has 0 unspecified atom stereocenters. The summed E-state index contributed by atoms with van der Waals surface area (Å²) in [5.74, 6) is -0.159. The minimum atomic E-state index is -1.25. The van der Waals surface area contributed by atoms with E-state index in [1.807, 2.05) is 103 Å². The first kappa shape index (κ1) is 37.0. The molecule has 0 aliphatic carbocycles. The standard InChI is InChI=1S/C43H48N6O5/c50-40-38(27-31-8-3-1-4-9-31)48(29-33-14-16-35(17-15-33)42(52)44-20-21-47-22-24-54-25-23-47)43(53)49(39(41(40)51)28-32-10-5-2-6-11-32)30-34-12-7-13-36(26-34)37-18-19-45-46-37/h1-19,26,38-41,50-51H,20-25,27-30H2,(H,44,52)(H,45,46)/t38-,39-,40+,41+/m1/s1. The van der Waals surface area contributed by atoms with Crippen LogP contribution in [0.3, 0.4) is 0 Å². The number of rotatable bonds is 13. The number of H-pyrrole nitrogens is 1. The second-order valence-electron chi connectivity index (χ2n) is 14.1. The minimum Gasteiger partial charge on any atom is -0.388 e. The largest absolute Gasteiger partial charge is 0.388 e. The summed E-state index contributed by atoms with van der Waals surface area (Å²) >= 11 is 0. The van der Waals surface area contributed by atoms with Crippen molar-refractivity contribution in [3.8, 4) is 11.3 Å². The molecule has 0 radical (unpaired) electrons. The van der Waals surface area contributed by atoms with Gasteiger partial charge in [-0.25, -0.2) is 4.79 Å². The first-order valence-corrected chi connectivity index (χ1v) is 18.7. The summed E-state index contributed by atoms with van der Waals surface area (Å²) in [6.45, 7) is 4.81. The number of carbonyl (C=O) groups is 2. The second-order valence-corrected chi connectivity index (χ2v) is 14.1. The maximum atomic E-state index is 15.1. The van der Waals surface area contributed by atoms with Gasteiger partial charge < -0.3 is 30.1 Å². The van der Waals surface area contributed by atoms with E-state index >= 15 is 4.79 Å². The Bertz CT molecular complexity index is 1940. The van der Waals surface area contributed by atoms with Gasteiger partial charge in [0.25, 0.3) is 5.91 Å². The lowest BCUT2D eigenvalue weighted by Gasteiger charge is -2.36. The molecule has 54 heavy (non-hydrogen) atoms. The molecule has 2 aliphatic rings. The molecule has 0 spiro atoms. The fourth-order valence-electron chi connectivity index (χ4n) is 7.48. The molecule has 4 atom stereocenters. The SMILES string of the molecule is O=C(NCCN1CCOCC1)c1ccc(CN2C(=O)N(Cc3cccc(-c4ccn[nH]4)c3)[C@H](Cc3ccccc3)[C@H](O)[C@@H](O)[C@H]2Cc2ccccc2)cc1. The number of nitrogens with one attached hydrogen (secondary N) is 2. The van der Waals surface area contributed by atoms with Crippen LogP contribution in [0.5, 0.6) is 0 Å². The van der Waals surface area contributed by atoms with E-state index in [0.717, 1.165) is 53.1 Å². The number of aromatic nitrogens is 2. The Hall–Kier alpha value is -5.33. The Balaban J connectivity index is 1.18. The van der Waals surface area contributed by atoms with Gasteiger partial charge in [0.1, 0.15) is 12.2 Å². The highest BCUT2D eigenvalue weighted by molar-refractivity contribution is 5.94. The monoisotopic (exact) mass is 728 g/mol. The summed E-state index contributed by atoms with van der Waals surface area (Å²) in [7, 11) is 0. The molecule has 11 nitrogen and oxygen atoms in total. The Labute approximate surface area is 316 Å². The van der Waals surface area contributed by atoms with E-state index in [4.69, 9.17) is 4.74 Å². The third-order valence-corrected chi connectivity index (χ3v) is 10.5. The van der Waals surface area contributed by atoms with E-state index in [9.17, 15) is 15.0 Å². The lowest BCUT2D eigenvalue weighted by Crippen LogP contribution is -2.50. The van der Waals surface area contributed by atoms with E-state index in [1.165, 1.54) is 0 Å². The number of morpholine rings is 1. The Kier molecular flexibility index (Phi) is 12.1. The van der Waals surface area contributed by atoms with Gasteiger partial charge in [-0.05, 0) is 64.9 Å². The van der Waals surface area contributed by atoms with Gasteiger partial charge in [0, 0.05) is 51.0 Å². The maximum absolute atomic E-state index is 15.1. The second kappa shape index (κ2) is 17.7. The number of ether oxygens (including phenoxy) is 1. The fraction of sp³-hybridized carbons (Fsp3) is 0.326. The van der Waals surface area contributed by atoms with E-state index in [0.29, 0.717) is 38.2 Å². The van der Waals surface area contributed by atoms with Gasteiger partial charge in [-0.1, -0.05) is 91.0 Å². The first-order valence-electron chi connectivity index (χ1n) is 18.7. The zero-order valence-electron chi connectivity index (χ0n) is 30.3. The van der Waals surface area contributed by atoms with E-state index in [-0.39, 0.29) is 25.0 Å². The summed E-state index contributed by atoms with van der Waals surface area (Å²) in [5, 5.41) is 34.3. The molecule has 0 saturated carbocycles. The van der Waals surface area contributed by atoms with Gasteiger partial charge in [0.05, 0.1) is 31.0 Å². The number of nitrogens with zero attached hydrogens (tertiary/aromatic N) is 4. The lowest BCUT2D eigenvalue weighted by atomic mass is 9.91. The van der Waals surface area contributed by atoms with Crippen molar-refractivity contribution in [2.75, 3.05) is 39.4 Å². The van der Waals surface area contributed by atoms with E-state index < -0.39 is 24.3 Å². The third kappa shape index (κ3) is 9.06. The molecule has 280 valence electrons. The number of aromatic amines is 1. The molecule has 3 amide bonds. The summed E-state index contributed by atoms with van der Waals surface area (Å²) < 4.78 is 5.42. The molecule has 2 saturated heterocycles. The zero-order chi connectivity index (χ0) is 37.3. The fourth-order valence-corrected chi connectivity index (χ4v) is 7.48. The molecular formula is C43H48N6O5. The normalized spacial score (nSPS) is 20.8. The van der Waals surface area contributed by atoms with Crippen LogP contribution in [0, 0.1) is 0 Å². The molecule has 4 N–H and O–H groups in total. The van der Waals surface area contributed by atoms with Crippen molar-refractivity contribution < 1.29 is 24.5 Å². The Morgan fingerprint density at radius 2 is 1.33 bits per heavy atom. The topological polar surface area (TPSA) is 134 Å². The number of hydrogen-bond donors (Lipinski definition) is 4. The van der Waals surface area contributed by atoms with Gasteiger partial charge in [0.2, 0.25) is 0 Å².